The number of methoxy groups -OCH3 is 4. The summed E-state index contributed by atoms with van der Waals surface area (Å²) >= 11 is 0. The first-order valence-corrected chi connectivity index (χ1v) is 15.7. The smallest absolute Gasteiger partial charge is 0.255 e. The number of nitrogens with zero attached hydrogens (tertiary/aromatic N) is 2. The molecule has 1 N–H and O–H groups in total. The van der Waals surface area contributed by atoms with Gasteiger partial charge in [0, 0.05) is 48.1 Å². The van der Waals surface area contributed by atoms with Gasteiger partial charge in [0.15, 0.2) is 0 Å². The highest BCUT2D eigenvalue weighted by Crippen LogP contribution is 2.40. The Labute approximate surface area is 255 Å². The number of ether oxygens (including phenoxy) is 4. The zero-order chi connectivity index (χ0) is 30.4. The lowest BCUT2D eigenvalue weighted by Gasteiger charge is -2.50. The maximum absolute atomic E-state index is 14.8. The van der Waals surface area contributed by atoms with Gasteiger partial charge in [-0.3, -0.25) is 9.59 Å². The highest BCUT2D eigenvalue weighted by atomic mass is 16.5. The van der Waals surface area contributed by atoms with Gasteiger partial charge in [-0.25, -0.2) is 0 Å². The second-order valence-electron chi connectivity index (χ2n) is 12.2. The summed E-state index contributed by atoms with van der Waals surface area (Å²) in [6.07, 6.45) is 9.74. The van der Waals surface area contributed by atoms with Crippen molar-refractivity contribution in [3.8, 4) is 23.0 Å². The highest BCUT2D eigenvalue weighted by molar-refractivity contribution is 6.04. The lowest BCUT2D eigenvalue weighted by molar-refractivity contribution is -0.129. The minimum absolute atomic E-state index is 0.162. The number of carbonyl (C=O) groups is 2. The number of rotatable bonds is 10. The van der Waals surface area contributed by atoms with Crippen LogP contribution in [0.5, 0.6) is 23.0 Å². The van der Waals surface area contributed by atoms with Crippen LogP contribution in [0.15, 0.2) is 36.4 Å². The molecule has 2 aromatic rings. The standard InChI is InChI=1S/C34H47N3O6/c1-40-27-17-25(18-28(21-27)41-2)32(38)37(23-24-11-10-16-36-15-9-6-12-31(24)36)34(13-7-5-8-14-34)33(39)35-26-19-29(42-3)22-30(20-26)43-4/h17-22,24,31H,5-16,23H2,1-4H3,(H,35,39)/t24-,31-/m0/s1. The fourth-order valence-electron chi connectivity index (χ4n) is 7.45. The molecule has 3 aliphatic rings. The predicted octanol–water partition coefficient (Wildman–Crippen LogP) is 5.77. The summed E-state index contributed by atoms with van der Waals surface area (Å²) in [4.78, 5) is 33.9. The third kappa shape index (κ3) is 6.71. The molecule has 234 valence electrons. The maximum Gasteiger partial charge on any atom is 0.255 e. The van der Waals surface area contributed by atoms with E-state index in [1.165, 1.54) is 12.8 Å². The Morgan fingerprint density at radius 1 is 0.767 bits per heavy atom. The van der Waals surface area contributed by atoms with Crippen molar-refractivity contribution >= 4 is 17.5 Å². The quantitative estimate of drug-likeness (QED) is 0.374. The predicted molar refractivity (Wildman–Crippen MR) is 167 cm³/mol. The third-order valence-electron chi connectivity index (χ3n) is 9.72. The molecular weight excluding hydrogens is 546 g/mol. The highest BCUT2D eigenvalue weighted by Gasteiger charge is 2.49. The van der Waals surface area contributed by atoms with Crippen LogP contribution in [0.1, 0.15) is 74.6 Å². The third-order valence-corrected chi connectivity index (χ3v) is 9.72. The van der Waals surface area contributed by atoms with Crippen LogP contribution in [0.25, 0.3) is 0 Å². The number of nitrogens with one attached hydrogen (secondary N) is 1. The Bertz CT molecular complexity index is 1230. The largest absolute Gasteiger partial charge is 0.497 e. The van der Waals surface area contributed by atoms with Crippen molar-refractivity contribution in [3.63, 3.8) is 0 Å². The Kier molecular flexibility index (Phi) is 10.0. The van der Waals surface area contributed by atoms with Gasteiger partial charge in [0.05, 0.1) is 28.4 Å². The Hall–Kier alpha value is -3.46. The van der Waals surface area contributed by atoms with Gasteiger partial charge in [0.2, 0.25) is 5.91 Å². The molecule has 0 bridgehead atoms. The summed E-state index contributed by atoms with van der Waals surface area (Å²) in [5.74, 6) is 2.24. The summed E-state index contributed by atoms with van der Waals surface area (Å²) in [6, 6.07) is 11.1. The van der Waals surface area contributed by atoms with Crippen LogP contribution < -0.4 is 24.3 Å². The first-order valence-electron chi connectivity index (χ1n) is 15.7. The number of hydrogen-bond donors (Lipinski definition) is 1. The van der Waals surface area contributed by atoms with Gasteiger partial charge in [0.25, 0.3) is 5.91 Å². The van der Waals surface area contributed by atoms with E-state index in [1.54, 1.807) is 64.8 Å². The first-order chi connectivity index (χ1) is 20.9. The monoisotopic (exact) mass is 593 g/mol. The van der Waals surface area contributed by atoms with Gasteiger partial charge in [-0.2, -0.15) is 0 Å². The summed E-state index contributed by atoms with van der Waals surface area (Å²) in [7, 11) is 6.34. The van der Waals surface area contributed by atoms with Crippen molar-refractivity contribution in [2.45, 2.75) is 75.8 Å². The molecule has 2 heterocycles. The fraction of sp³-hybridized carbons (Fsp3) is 0.588. The molecular formula is C34H47N3O6. The summed E-state index contributed by atoms with van der Waals surface area (Å²) in [6.45, 7) is 2.77. The normalized spacial score (nSPS) is 21.7. The van der Waals surface area contributed by atoms with Crippen LogP contribution in [-0.4, -0.2) is 81.3 Å². The van der Waals surface area contributed by atoms with Gasteiger partial charge in [0.1, 0.15) is 28.5 Å². The van der Waals surface area contributed by atoms with Crippen molar-refractivity contribution in [2.24, 2.45) is 5.92 Å². The molecule has 9 nitrogen and oxygen atoms in total. The molecule has 0 unspecified atom stereocenters. The number of fused-ring (bicyclic) bond motifs is 1. The molecule has 9 heteroatoms. The molecule has 2 aliphatic heterocycles. The van der Waals surface area contributed by atoms with Crippen LogP contribution in [0.3, 0.4) is 0 Å². The van der Waals surface area contributed by atoms with E-state index in [0.29, 0.717) is 65.6 Å². The van der Waals surface area contributed by atoms with E-state index in [-0.39, 0.29) is 11.8 Å². The molecule has 0 radical (unpaired) electrons. The molecule has 1 saturated carbocycles. The van der Waals surface area contributed by atoms with E-state index < -0.39 is 5.54 Å². The molecule has 3 fully saturated rings. The van der Waals surface area contributed by atoms with Gasteiger partial charge in [-0.1, -0.05) is 25.7 Å². The van der Waals surface area contributed by atoms with E-state index in [4.69, 9.17) is 18.9 Å². The van der Waals surface area contributed by atoms with Crippen LogP contribution in [0.4, 0.5) is 5.69 Å². The number of amides is 2. The topological polar surface area (TPSA) is 89.6 Å². The molecule has 1 aliphatic carbocycles. The molecule has 0 spiro atoms. The summed E-state index contributed by atoms with van der Waals surface area (Å²) in [5.41, 5.74) is 0.0462. The van der Waals surface area contributed by atoms with E-state index >= 15 is 0 Å². The Morgan fingerprint density at radius 3 is 1.95 bits per heavy atom. The Morgan fingerprint density at radius 2 is 1.35 bits per heavy atom. The van der Waals surface area contributed by atoms with Crippen molar-refractivity contribution < 1.29 is 28.5 Å². The van der Waals surface area contributed by atoms with Crippen molar-refractivity contribution in [1.82, 2.24) is 9.80 Å². The van der Waals surface area contributed by atoms with Crippen LogP contribution >= 0.6 is 0 Å². The lowest BCUT2D eigenvalue weighted by atomic mass is 9.76. The van der Waals surface area contributed by atoms with E-state index in [0.717, 1.165) is 51.6 Å². The number of hydrogen-bond acceptors (Lipinski definition) is 7. The summed E-state index contributed by atoms with van der Waals surface area (Å²) < 4.78 is 22.0. The van der Waals surface area contributed by atoms with E-state index in [1.807, 2.05) is 4.90 Å². The molecule has 0 aromatic heterocycles. The summed E-state index contributed by atoms with van der Waals surface area (Å²) in [5, 5.41) is 3.17. The van der Waals surface area contributed by atoms with Gasteiger partial charge >= 0.3 is 0 Å². The van der Waals surface area contributed by atoms with Crippen LogP contribution in [-0.2, 0) is 4.79 Å². The zero-order valence-corrected chi connectivity index (χ0v) is 26.2. The number of carbonyl (C=O) groups excluding carboxylic acids is 2. The average molecular weight is 594 g/mol. The van der Waals surface area contributed by atoms with Gasteiger partial charge in [-0.15, -0.1) is 0 Å². The van der Waals surface area contributed by atoms with Gasteiger partial charge < -0.3 is 34.1 Å². The molecule has 43 heavy (non-hydrogen) atoms. The molecule has 2 atom stereocenters. The van der Waals surface area contributed by atoms with Crippen molar-refractivity contribution in [2.75, 3.05) is 53.4 Å². The second-order valence-corrected chi connectivity index (χ2v) is 12.2. The zero-order valence-electron chi connectivity index (χ0n) is 26.2. The number of piperidine rings is 2. The Balaban J connectivity index is 1.56. The minimum atomic E-state index is -1.00. The molecule has 2 aromatic carbocycles. The van der Waals surface area contributed by atoms with E-state index in [9.17, 15) is 9.59 Å². The first kappa shape index (κ1) is 31.0. The second kappa shape index (κ2) is 13.9. The molecule has 2 amide bonds. The average Bonchev–Trinajstić information content (AvgIpc) is 3.06. The number of anilines is 1. The van der Waals surface area contributed by atoms with Crippen LogP contribution in [0.2, 0.25) is 0 Å². The molecule has 2 saturated heterocycles. The lowest BCUT2D eigenvalue weighted by Crippen LogP contribution is -2.62. The SMILES string of the molecule is COc1cc(NC(=O)C2(N(C[C@@H]3CCCN4CCCC[C@@H]34)C(=O)c3cc(OC)cc(OC)c3)CCCCC2)cc(OC)c1. The maximum atomic E-state index is 14.8. The van der Waals surface area contributed by atoms with Crippen molar-refractivity contribution in [1.29, 1.82) is 0 Å². The van der Waals surface area contributed by atoms with E-state index in [2.05, 4.69) is 10.2 Å². The molecule has 5 rings (SSSR count). The van der Waals surface area contributed by atoms with Crippen molar-refractivity contribution in [3.05, 3.63) is 42.0 Å². The number of benzene rings is 2. The van der Waals surface area contributed by atoms with Crippen LogP contribution in [0, 0.1) is 5.92 Å². The fourth-order valence-corrected chi connectivity index (χ4v) is 7.45. The van der Waals surface area contributed by atoms with Gasteiger partial charge in [-0.05, 0) is 69.7 Å². The minimum Gasteiger partial charge on any atom is -0.497 e.